The maximum atomic E-state index is 13.1. The molecule has 0 fully saturated rings. The Balaban J connectivity index is 0.000000186. The number of ether oxygens (including phenoxy) is 2. The second-order valence-corrected chi connectivity index (χ2v) is 7.03. The van der Waals surface area contributed by atoms with Crippen molar-refractivity contribution in [3.05, 3.63) is 82.6 Å². The second kappa shape index (κ2) is 10.8. The molecule has 0 aliphatic heterocycles. The zero-order valence-corrected chi connectivity index (χ0v) is 18.5. The number of aromatic nitrogens is 2. The van der Waals surface area contributed by atoms with Crippen molar-refractivity contribution in [2.45, 2.75) is 13.8 Å². The summed E-state index contributed by atoms with van der Waals surface area (Å²) in [5.41, 5.74) is 1.66. The van der Waals surface area contributed by atoms with Gasteiger partial charge >= 0.3 is 11.9 Å². The Labute approximate surface area is 193 Å². The number of carbonyl (C=O) groups is 2. The van der Waals surface area contributed by atoms with Gasteiger partial charge in [0.25, 0.3) is 0 Å². The molecule has 0 saturated carbocycles. The molecule has 4 aromatic rings. The predicted octanol–water partition coefficient (Wildman–Crippen LogP) is 5.75. The molecule has 0 unspecified atom stereocenters. The van der Waals surface area contributed by atoms with Gasteiger partial charge in [0.05, 0.1) is 40.4 Å². The molecule has 0 N–H and O–H groups in total. The van der Waals surface area contributed by atoms with Crippen LogP contribution in [0.25, 0.3) is 21.8 Å². The van der Waals surface area contributed by atoms with E-state index in [4.69, 9.17) is 21.1 Å². The van der Waals surface area contributed by atoms with Gasteiger partial charge in [-0.15, -0.1) is 0 Å². The van der Waals surface area contributed by atoms with E-state index in [2.05, 4.69) is 9.97 Å². The van der Waals surface area contributed by atoms with Crippen LogP contribution in [-0.2, 0) is 9.47 Å². The molecule has 2 aromatic carbocycles. The molecule has 0 aliphatic rings. The average molecular weight is 473 g/mol. The Bertz CT molecular complexity index is 1330. The van der Waals surface area contributed by atoms with E-state index in [0.29, 0.717) is 34.0 Å². The monoisotopic (exact) mass is 472 g/mol. The summed E-state index contributed by atoms with van der Waals surface area (Å²) in [5.74, 6) is -1.78. The van der Waals surface area contributed by atoms with Crippen LogP contribution in [0.4, 0.5) is 8.78 Å². The Morgan fingerprint density at radius 2 is 1.45 bits per heavy atom. The number of halogens is 3. The number of hydrogen-bond acceptors (Lipinski definition) is 6. The minimum absolute atomic E-state index is 0.145. The van der Waals surface area contributed by atoms with E-state index in [9.17, 15) is 18.4 Å². The Morgan fingerprint density at radius 1 is 0.848 bits per heavy atom. The van der Waals surface area contributed by atoms with Crippen LogP contribution in [0.3, 0.4) is 0 Å². The highest BCUT2D eigenvalue weighted by atomic mass is 35.5. The van der Waals surface area contributed by atoms with Crippen LogP contribution in [-0.4, -0.2) is 35.1 Å². The van der Waals surface area contributed by atoms with Crippen LogP contribution in [0.2, 0.25) is 5.02 Å². The maximum absolute atomic E-state index is 13.1. The molecule has 4 rings (SSSR count). The number of rotatable bonds is 4. The number of nitrogens with zero attached hydrogens (tertiary/aromatic N) is 2. The molecule has 0 aliphatic carbocycles. The molecule has 0 amide bonds. The minimum Gasteiger partial charge on any atom is -0.462 e. The van der Waals surface area contributed by atoms with E-state index in [1.54, 1.807) is 26.0 Å². The Morgan fingerprint density at radius 3 is 2.15 bits per heavy atom. The van der Waals surface area contributed by atoms with E-state index in [1.807, 2.05) is 0 Å². The van der Waals surface area contributed by atoms with Gasteiger partial charge in [0.15, 0.2) is 0 Å². The molecule has 0 atom stereocenters. The predicted molar refractivity (Wildman–Crippen MR) is 120 cm³/mol. The van der Waals surface area contributed by atoms with Crippen molar-refractivity contribution < 1.29 is 27.8 Å². The summed E-state index contributed by atoms with van der Waals surface area (Å²) in [6, 6.07) is 9.85. The first kappa shape index (κ1) is 24.0. The SMILES string of the molecule is CCOC(=O)c1cnc2ccc(F)cc2c1.CCOC(=O)c1cnc2ccc(F)cc2c1Cl. The number of hydrogen-bond donors (Lipinski definition) is 0. The van der Waals surface area contributed by atoms with Crippen LogP contribution < -0.4 is 0 Å². The summed E-state index contributed by atoms with van der Waals surface area (Å²) in [6.45, 7) is 3.97. The second-order valence-electron chi connectivity index (χ2n) is 6.65. The minimum atomic E-state index is -0.559. The van der Waals surface area contributed by atoms with Crippen molar-refractivity contribution in [2.75, 3.05) is 13.2 Å². The van der Waals surface area contributed by atoms with E-state index in [0.717, 1.165) is 0 Å². The number of esters is 2. The van der Waals surface area contributed by atoms with Gasteiger partial charge in [0.2, 0.25) is 0 Å². The van der Waals surface area contributed by atoms with Crippen molar-refractivity contribution in [3.63, 3.8) is 0 Å². The lowest BCUT2D eigenvalue weighted by molar-refractivity contribution is 0.0516. The van der Waals surface area contributed by atoms with E-state index >= 15 is 0 Å². The smallest absolute Gasteiger partial charge is 0.341 e. The molecule has 33 heavy (non-hydrogen) atoms. The van der Waals surface area contributed by atoms with Gasteiger partial charge in [-0.25, -0.2) is 18.4 Å². The van der Waals surface area contributed by atoms with E-state index in [-0.39, 0.29) is 23.0 Å². The van der Waals surface area contributed by atoms with Crippen molar-refractivity contribution in [2.24, 2.45) is 0 Å². The fourth-order valence-electron chi connectivity index (χ4n) is 2.91. The molecule has 2 heterocycles. The van der Waals surface area contributed by atoms with E-state index in [1.165, 1.54) is 42.7 Å². The number of pyridine rings is 2. The summed E-state index contributed by atoms with van der Waals surface area (Å²) < 4.78 is 35.7. The lowest BCUT2D eigenvalue weighted by atomic mass is 10.1. The quantitative estimate of drug-likeness (QED) is 0.352. The first-order chi connectivity index (χ1) is 15.8. The molecule has 0 spiro atoms. The third-order valence-electron chi connectivity index (χ3n) is 4.41. The normalized spacial score (nSPS) is 10.5. The zero-order chi connectivity index (χ0) is 24.0. The van der Waals surface area contributed by atoms with Crippen molar-refractivity contribution >= 4 is 45.3 Å². The van der Waals surface area contributed by atoms with Gasteiger partial charge in [-0.3, -0.25) is 9.97 Å². The summed E-state index contributed by atoms with van der Waals surface area (Å²) >= 11 is 6.04. The van der Waals surface area contributed by atoms with Gasteiger partial charge < -0.3 is 9.47 Å². The fraction of sp³-hybridized carbons (Fsp3) is 0.167. The molecule has 0 radical (unpaired) electrons. The first-order valence-electron chi connectivity index (χ1n) is 9.97. The van der Waals surface area contributed by atoms with Crippen molar-refractivity contribution in [3.8, 4) is 0 Å². The van der Waals surface area contributed by atoms with Crippen molar-refractivity contribution in [1.82, 2.24) is 9.97 Å². The lowest BCUT2D eigenvalue weighted by Gasteiger charge is -2.06. The zero-order valence-electron chi connectivity index (χ0n) is 17.8. The van der Waals surface area contributed by atoms with Gasteiger partial charge in [0.1, 0.15) is 11.6 Å². The van der Waals surface area contributed by atoms with Crippen LogP contribution in [0.15, 0.2) is 54.9 Å². The summed E-state index contributed by atoms with van der Waals surface area (Å²) in [5, 5.41) is 1.15. The molecular weight excluding hydrogens is 454 g/mol. The summed E-state index contributed by atoms with van der Waals surface area (Å²) in [4.78, 5) is 31.1. The summed E-state index contributed by atoms with van der Waals surface area (Å²) in [6.07, 6.45) is 2.76. The number of fused-ring (bicyclic) bond motifs is 2. The van der Waals surface area contributed by atoms with Crippen molar-refractivity contribution in [1.29, 1.82) is 0 Å². The van der Waals surface area contributed by atoms with Gasteiger partial charge in [-0.2, -0.15) is 0 Å². The summed E-state index contributed by atoms with van der Waals surface area (Å²) in [7, 11) is 0. The molecule has 9 heteroatoms. The van der Waals surface area contributed by atoms with Crippen LogP contribution >= 0.6 is 11.6 Å². The van der Waals surface area contributed by atoms with Gasteiger partial charge in [0, 0.05) is 23.2 Å². The molecule has 6 nitrogen and oxygen atoms in total. The van der Waals surface area contributed by atoms with Crippen LogP contribution in [0.5, 0.6) is 0 Å². The largest absolute Gasteiger partial charge is 0.462 e. The first-order valence-corrected chi connectivity index (χ1v) is 10.3. The number of benzene rings is 2. The standard InChI is InChI=1S/C12H9ClFNO2.C12H10FNO2/c1-2-17-12(16)9-6-15-10-4-3-7(14)5-8(10)11(9)13;1-2-16-12(15)9-5-8-6-10(13)3-4-11(8)14-7-9/h3-6H,2H2,1H3;3-7H,2H2,1H3. The highest BCUT2D eigenvalue weighted by Crippen LogP contribution is 2.26. The molecule has 0 saturated heterocycles. The van der Waals surface area contributed by atoms with Crippen LogP contribution in [0, 0.1) is 11.6 Å². The highest BCUT2D eigenvalue weighted by molar-refractivity contribution is 6.38. The van der Waals surface area contributed by atoms with Crippen LogP contribution in [0.1, 0.15) is 34.6 Å². The number of carbonyl (C=O) groups excluding carboxylic acids is 2. The molecule has 2 aromatic heterocycles. The third kappa shape index (κ3) is 5.78. The highest BCUT2D eigenvalue weighted by Gasteiger charge is 2.15. The molecular formula is C24H19ClF2N2O4. The Hall–Kier alpha value is -3.65. The maximum Gasteiger partial charge on any atom is 0.341 e. The molecule has 170 valence electrons. The third-order valence-corrected chi connectivity index (χ3v) is 4.82. The topological polar surface area (TPSA) is 78.4 Å². The lowest BCUT2D eigenvalue weighted by Crippen LogP contribution is -2.06. The molecule has 0 bridgehead atoms. The fourth-order valence-corrected chi connectivity index (χ4v) is 3.19. The van der Waals surface area contributed by atoms with Gasteiger partial charge in [-0.1, -0.05) is 11.6 Å². The Kier molecular flexibility index (Phi) is 7.84. The van der Waals surface area contributed by atoms with E-state index < -0.39 is 17.8 Å². The average Bonchev–Trinajstić information content (AvgIpc) is 2.80. The van der Waals surface area contributed by atoms with Gasteiger partial charge in [-0.05, 0) is 56.3 Å².